The zero-order valence-electron chi connectivity index (χ0n) is 7.42. The normalized spacial score (nSPS) is 10.5. The molecule has 0 aliphatic carbocycles. The van der Waals surface area contributed by atoms with E-state index in [1.807, 2.05) is 18.2 Å². The first-order valence-electron chi connectivity index (χ1n) is 4.00. The van der Waals surface area contributed by atoms with Crippen molar-refractivity contribution in [3.8, 4) is 5.75 Å². The van der Waals surface area contributed by atoms with Gasteiger partial charge in [-0.3, -0.25) is 0 Å². The Morgan fingerprint density at radius 1 is 1.36 bits per heavy atom. The summed E-state index contributed by atoms with van der Waals surface area (Å²) in [5.41, 5.74) is 0.823. The Balaban J connectivity index is 2.81. The number of halogens is 2. The molecule has 1 aromatic carbocycles. The van der Waals surface area contributed by atoms with Gasteiger partial charge in [-0.25, -0.2) is 4.98 Å². The summed E-state index contributed by atoms with van der Waals surface area (Å²) in [6.07, 6.45) is 0. The SMILES string of the molecule is COc1cc(Cl)nc2cc(Br)ccc12. The van der Waals surface area contributed by atoms with Crippen LogP contribution in [0.1, 0.15) is 0 Å². The molecule has 2 nitrogen and oxygen atoms in total. The Morgan fingerprint density at radius 2 is 2.14 bits per heavy atom. The maximum Gasteiger partial charge on any atom is 0.133 e. The molecule has 0 N–H and O–H groups in total. The van der Waals surface area contributed by atoms with E-state index in [4.69, 9.17) is 16.3 Å². The third-order valence-electron chi connectivity index (χ3n) is 1.92. The van der Waals surface area contributed by atoms with Crippen molar-refractivity contribution in [3.05, 3.63) is 33.9 Å². The Morgan fingerprint density at radius 3 is 2.86 bits per heavy atom. The van der Waals surface area contributed by atoms with Crippen LogP contribution in [0.15, 0.2) is 28.7 Å². The Kier molecular flexibility index (Phi) is 2.61. The van der Waals surface area contributed by atoms with E-state index in [2.05, 4.69) is 20.9 Å². The molecule has 0 fully saturated rings. The van der Waals surface area contributed by atoms with Gasteiger partial charge in [-0.1, -0.05) is 27.5 Å². The lowest BCUT2D eigenvalue weighted by Crippen LogP contribution is -1.87. The van der Waals surface area contributed by atoms with Crippen LogP contribution in [0.4, 0.5) is 0 Å². The number of methoxy groups -OCH3 is 1. The Hall–Kier alpha value is -0.800. The number of fused-ring (bicyclic) bond motifs is 1. The minimum atomic E-state index is 0.437. The first-order chi connectivity index (χ1) is 6.70. The summed E-state index contributed by atoms with van der Waals surface area (Å²) in [5, 5.41) is 1.40. The highest BCUT2D eigenvalue weighted by Gasteiger charge is 2.04. The minimum absolute atomic E-state index is 0.437. The van der Waals surface area contributed by atoms with E-state index in [1.54, 1.807) is 13.2 Å². The van der Waals surface area contributed by atoms with Gasteiger partial charge in [0.25, 0.3) is 0 Å². The van der Waals surface area contributed by atoms with Crippen LogP contribution in [-0.4, -0.2) is 12.1 Å². The van der Waals surface area contributed by atoms with Crippen molar-refractivity contribution in [2.45, 2.75) is 0 Å². The minimum Gasteiger partial charge on any atom is -0.496 e. The van der Waals surface area contributed by atoms with Crippen LogP contribution in [-0.2, 0) is 0 Å². The summed E-state index contributed by atoms with van der Waals surface area (Å²) in [6.45, 7) is 0. The quantitative estimate of drug-likeness (QED) is 0.739. The number of pyridine rings is 1. The Labute approximate surface area is 95.0 Å². The van der Waals surface area contributed by atoms with E-state index >= 15 is 0 Å². The summed E-state index contributed by atoms with van der Waals surface area (Å²) in [6, 6.07) is 7.50. The molecule has 2 rings (SSSR count). The van der Waals surface area contributed by atoms with Crippen LogP contribution in [0, 0.1) is 0 Å². The highest BCUT2D eigenvalue weighted by molar-refractivity contribution is 9.10. The second-order valence-corrected chi connectivity index (χ2v) is 4.11. The largest absolute Gasteiger partial charge is 0.496 e. The number of benzene rings is 1. The van der Waals surface area contributed by atoms with Crippen molar-refractivity contribution in [1.82, 2.24) is 4.98 Å². The third-order valence-corrected chi connectivity index (χ3v) is 2.61. The van der Waals surface area contributed by atoms with Crippen LogP contribution in [0.25, 0.3) is 10.9 Å². The maximum absolute atomic E-state index is 5.85. The third kappa shape index (κ3) is 1.70. The molecule has 2 aromatic rings. The lowest BCUT2D eigenvalue weighted by atomic mass is 10.2. The molecule has 14 heavy (non-hydrogen) atoms. The molecule has 0 bridgehead atoms. The lowest BCUT2D eigenvalue weighted by molar-refractivity contribution is 0.419. The van der Waals surface area contributed by atoms with E-state index in [0.29, 0.717) is 5.15 Å². The lowest BCUT2D eigenvalue weighted by Gasteiger charge is -2.05. The Bertz CT molecular complexity index is 482. The van der Waals surface area contributed by atoms with Gasteiger partial charge in [0.05, 0.1) is 12.6 Å². The molecule has 0 radical (unpaired) electrons. The molecule has 0 saturated heterocycles. The molecule has 0 aliphatic rings. The number of aromatic nitrogens is 1. The van der Waals surface area contributed by atoms with Crippen molar-refractivity contribution in [2.24, 2.45) is 0 Å². The number of hydrogen-bond donors (Lipinski definition) is 0. The molecular weight excluding hydrogens is 265 g/mol. The van der Waals surface area contributed by atoms with Crippen LogP contribution < -0.4 is 4.74 Å². The first kappa shape index (κ1) is 9.74. The molecule has 4 heteroatoms. The topological polar surface area (TPSA) is 22.1 Å². The monoisotopic (exact) mass is 271 g/mol. The second kappa shape index (κ2) is 3.75. The number of rotatable bonds is 1. The smallest absolute Gasteiger partial charge is 0.133 e. The zero-order valence-corrected chi connectivity index (χ0v) is 9.76. The second-order valence-electron chi connectivity index (χ2n) is 2.81. The van der Waals surface area contributed by atoms with E-state index in [9.17, 15) is 0 Å². The molecule has 0 unspecified atom stereocenters. The average molecular weight is 273 g/mol. The van der Waals surface area contributed by atoms with Crippen molar-refractivity contribution in [2.75, 3.05) is 7.11 Å². The zero-order chi connectivity index (χ0) is 10.1. The summed E-state index contributed by atoms with van der Waals surface area (Å²) in [5.74, 6) is 0.743. The van der Waals surface area contributed by atoms with Crippen LogP contribution in [0.2, 0.25) is 5.15 Å². The summed E-state index contributed by atoms with van der Waals surface area (Å²) >= 11 is 9.23. The van der Waals surface area contributed by atoms with Gasteiger partial charge in [0.2, 0.25) is 0 Å². The van der Waals surface area contributed by atoms with Crippen LogP contribution in [0.3, 0.4) is 0 Å². The van der Waals surface area contributed by atoms with Gasteiger partial charge in [0.1, 0.15) is 10.9 Å². The molecule has 1 heterocycles. The fourth-order valence-electron chi connectivity index (χ4n) is 1.31. The van der Waals surface area contributed by atoms with Gasteiger partial charge in [-0.2, -0.15) is 0 Å². The van der Waals surface area contributed by atoms with Crippen molar-refractivity contribution in [3.63, 3.8) is 0 Å². The van der Waals surface area contributed by atoms with Crippen molar-refractivity contribution >= 4 is 38.4 Å². The van der Waals surface area contributed by atoms with Gasteiger partial charge < -0.3 is 4.74 Å². The molecular formula is C10H7BrClNO. The predicted octanol–water partition coefficient (Wildman–Crippen LogP) is 3.66. The number of nitrogens with zero attached hydrogens (tertiary/aromatic N) is 1. The summed E-state index contributed by atoms with van der Waals surface area (Å²) in [7, 11) is 1.62. The molecule has 0 aliphatic heterocycles. The molecule has 0 saturated carbocycles. The molecule has 0 atom stereocenters. The molecule has 0 spiro atoms. The van der Waals surface area contributed by atoms with E-state index in [1.165, 1.54) is 0 Å². The van der Waals surface area contributed by atoms with E-state index in [-0.39, 0.29) is 0 Å². The molecule has 72 valence electrons. The van der Waals surface area contributed by atoms with E-state index in [0.717, 1.165) is 21.1 Å². The highest BCUT2D eigenvalue weighted by atomic mass is 79.9. The van der Waals surface area contributed by atoms with Crippen molar-refractivity contribution in [1.29, 1.82) is 0 Å². The summed E-state index contributed by atoms with van der Waals surface area (Å²) in [4.78, 5) is 4.20. The van der Waals surface area contributed by atoms with Gasteiger partial charge in [0, 0.05) is 15.9 Å². The van der Waals surface area contributed by atoms with Crippen molar-refractivity contribution < 1.29 is 4.74 Å². The average Bonchev–Trinajstić information content (AvgIpc) is 2.15. The predicted molar refractivity (Wildman–Crippen MR) is 61.0 cm³/mol. The maximum atomic E-state index is 5.85. The van der Waals surface area contributed by atoms with E-state index < -0.39 is 0 Å². The van der Waals surface area contributed by atoms with Gasteiger partial charge >= 0.3 is 0 Å². The molecule has 0 amide bonds. The number of ether oxygens (including phenoxy) is 1. The standard InChI is InChI=1S/C10H7BrClNO/c1-14-9-5-10(12)13-8-4-6(11)2-3-7(8)9/h2-5H,1H3. The molecule has 1 aromatic heterocycles. The fourth-order valence-corrected chi connectivity index (χ4v) is 1.85. The first-order valence-corrected chi connectivity index (χ1v) is 5.17. The van der Waals surface area contributed by atoms with Gasteiger partial charge in [-0.15, -0.1) is 0 Å². The fraction of sp³-hybridized carbons (Fsp3) is 0.100. The highest BCUT2D eigenvalue weighted by Crippen LogP contribution is 2.28. The summed E-state index contributed by atoms with van der Waals surface area (Å²) < 4.78 is 6.18. The van der Waals surface area contributed by atoms with Gasteiger partial charge in [-0.05, 0) is 18.2 Å². The van der Waals surface area contributed by atoms with Crippen LogP contribution >= 0.6 is 27.5 Å². The number of hydrogen-bond acceptors (Lipinski definition) is 2. The van der Waals surface area contributed by atoms with Gasteiger partial charge in [0.15, 0.2) is 0 Å². The van der Waals surface area contributed by atoms with Crippen LogP contribution in [0.5, 0.6) is 5.75 Å².